The van der Waals surface area contributed by atoms with Crippen molar-refractivity contribution in [1.82, 2.24) is 9.78 Å². The van der Waals surface area contributed by atoms with Gasteiger partial charge in [0.05, 0.1) is 11.1 Å². The molecule has 0 saturated carbocycles. The van der Waals surface area contributed by atoms with Crippen LogP contribution in [0.4, 0.5) is 15.9 Å². The van der Waals surface area contributed by atoms with Crippen LogP contribution < -0.4 is 9.62 Å². The number of aromatic nitrogens is 2. The molecule has 3 aromatic rings. The lowest BCUT2D eigenvalue weighted by Crippen LogP contribution is -2.30. The van der Waals surface area contributed by atoms with Crippen LogP contribution >= 0.6 is 0 Å². The van der Waals surface area contributed by atoms with Crippen LogP contribution in [0.25, 0.3) is 0 Å². The predicted octanol–water partition coefficient (Wildman–Crippen LogP) is 2.95. The number of sulfonamides is 1. The van der Waals surface area contributed by atoms with E-state index in [0.29, 0.717) is 0 Å². The quantitative estimate of drug-likeness (QED) is 0.711. The molecule has 2 aromatic carbocycles. The predicted molar refractivity (Wildman–Crippen MR) is 104 cm³/mol. The first kappa shape index (κ1) is 19.6. The Kier molecular flexibility index (Phi) is 5.19. The Labute approximate surface area is 162 Å². The van der Waals surface area contributed by atoms with E-state index in [2.05, 4.69) is 10.4 Å². The van der Waals surface area contributed by atoms with E-state index in [-0.39, 0.29) is 22.0 Å². The molecule has 0 spiro atoms. The highest BCUT2D eigenvalue weighted by molar-refractivity contribution is 7.92. The van der Waals surface area contributed by atoms with Gasteiger partial charge < -0.3 is 5.32 Å². The number of rotatable bonds is 5. The first-order chi connectivity index (χ1) is 13.2. The van der Waals surface area contributed by atoms with Crippen molar-refractivity contribution < 1.29 is 17.6 Å². The minimum Gasteiger partial charge on any atom is -0.322 e. The molecule has 1 amide bonds. The van der Waals surface area contributed by atoms with Gasteiger partial charge in [0, 0.05) is 19.8 Å². The molecular weight excluding hydrogens is 383 g/mol. The number of carbonyl (C=O) groups is 1. The van der Waals surface area contributed by atoms with E-state index >= 15 is 0 Å². The summed E-state index contributed by atoms with van der Waals surface area (Å²) in [6, 6.07) is 11.8. The van der Waals surface area contributed by atoms with E-state index in [9.17, 15) is 17.6 Å². The summed E-state index contributed by atoms with van der Waals surface area (Å²) in [5.74, 6) is -1.00. The SMILES string of the molecule is Cc1ccc(S(=O)(=O)N(C)c2c(C(=O)Nc3cccc(F)c3)cnn2C)cc1. The van der Waals surface area contributed by atoms with Crippen molar-refractivity contribution in [3.05, 3.63) is 71.7 Å². The number of anilines is 2. The molecule has 0 unspecified atom stereocenters. The number of hydrogen-bond donors (Lipinski definition) is 1. The van der Waals surface area contributed by atoms with Gasteiger partial charge in [-0.3, -0.25) is 13.8 Å². The van der Waals surface area contributed by atoms with Gasteiger partial charge in [-0.15, -0.1) is 0 Å². The lowest BCUT2D eigenvalue weighted by atomic mass is 10.2. The topological polar surface area (TPSA) is 84.3 Å². The highest BCUT2D eigenvalue weighted by Gasteiger charge is 2.28. The van der Waals surface area contributed by atoms with Crippen molar-refractivity contribution >= 4 is 27.4 Å². The number of amides is 1. The second-order valence-electron chi connectivity index (χ2n) is 6.26. The molecule has 7 nitrogen and oxygen atoms in total. The third-order valence-corrected chi connectivity index (χ3v) is 5.97. The summed E-state index contributed by atoms with van der Waals surface area (Å²) in [5, 5.41) is 6.57. The van der Waals surface area contributed by atoms with Gasteiger partial charge in [0.1, 0.15) is 11.4 Å². The second kappa shape index (κ2) is 7.43. The van der Waals surface area contributed by atoms with Gasteiger partial charge in [-0.2, -0.15) is 5.10 Å². The first-order valence-electron chi connectivity index (χ1n) is 8.34. The Hall–Kier alpha value is -3.20. The summed E-state index contributed by atoms with van der Waals surface area (Å²) in [5.41, 5.74) is 1.23. The van der Waals surface area contributed by atoms with Crippen molar-refractivity contribution in [2.45, 2.75) is 11.8 Å². The van der Waals surface area contributed by atoms with E-state index in [1.54, 1.807) is 12.1 Å². The van der Waals surface area contributed by atoms with E-state index in [0.717, 1.165) is 9.87 Å². The zero-order valence-electron chi connectivity index (χ0n) is 15.5. The van der Waals surface area contributed by atoms with Crippen LogP contribution in [0.2, 0.25) is 0 Å². The third kappa shape index (κ3) is 3.74. The summed E-state index contributed by atoms with van der Waals surface area (Å²) >= 11 is 0. The van der Waals surface area contributed by atoms with Gasteiger partial charge in [-0.1, -0.05) is 23.8 Å². The summed E-state index contributed by atoms with van der Waals surface area (Å²) in [6.07, 6.45) is 1.27. The van der Waals surface area contributed by atoms with E-state index in [1.165, 1.54) is 61.4 Å². The Bertz CT molecular complexity index is 1120. The van der Waals surface area contributed by atoms with Gasteiger partial charge in [0.2, 0.25) is 0 Å². The molecule has 0 aliphatic rings. The Morgan fingerprint density at radius 3 is 2.50 bits per heavy atom. The fraction of sp³-hybridized carbons (Fsp3) is 0.158. The number of benzene rings is 2. The van der Waals surface area contributed by atoms with Crippen LogP contribution in [0.3, 0.4) is 0 Å². The largest absolute Gasteiger partial charge is 0.322 e. The third-order valence-electron chi connectivity index (χ3n) is 4.21. The van der Waals surface area contributed by atoms with E-state index in [1.807, 2.05) is 6.92 Å². The maximum Gasteiger partial charge on any atom is 0.265 e. The van der Waals surface area contributed by atoms with Gasteiger partial charge in [-0.05, 0) is 37.3 Å². The molecule has 0 atom stereocenters. The van der Waals surface area contributed by atoms with Crippen LogP contribution in [-0.2, 0) is 17.1 Å². The number of halogens is 1. The lowest BCUT2D eigenvalue weighted by Gasteiger charge is -2.21. The number of hydrogen-bond acceptors (Lipinski definition) is 4. The highest BCUT2D eigenvalue weighted by Crippen LogP contribution is 2.26. The number of nitrogens with zero attached hydrogens (tertiary/aromatic N) is 3. The Morgan fingerprint density at radius 2 is 1.86 bits per heavy atom. The molecule has 0 aliphatic heterocycles. The highest BCUT2D eigenvalue weighted by atomic mass is 32.2. The molecular formula is C19H19FN4O3S. The fourth-order valence-electron chi connectivity index (χ4n) is 2.71. The average molecular weight is 402 g/mol. The van der Waals surface area contributed by atoms with Crippen molar-refractivity contribution in [2.75, 3.05) is 16.7 Å². The maximum absolute atomic E-state index is 13.3. The van der Waals surface area contributed by atoms with E-state index < -0.39 is 21.7 Å². The zero-order valence-corrected chi connectivity index (χ0v) is 16.4. The summed E-state index contributed by atoms with van der Waals surface area (Å²) in [7, 11) is -1.01. The second-order valence-corrected chi connectivity index (χ2v) is 8.22. The molecule has 0 bridgehead atoms. The molecule has 0 saturated heterocycles. The molecule has 1 aromatic heterocycles. The molecule has 0 radical (unpaired) electrons. The number of nitrogens with one attached hydrogen (secondary N) is 1. The molecule has 0 aliphatic carbocycles. The Balaban J connectivity index is 1.95. The summed E-state index contributed by atoms with van der Waals surface area (Å²) in [4.78, 5) is 12.8. The fourth-order valence-corrected chi connectivity index (χ4v) is 3.95. The minimum absolute atomic E-state index is 0.0462. The van der Waals surface area contributed by atoms with Crippen LogP contribution in [0.5, 0.6) is 0 Å². The monoisotopic (exact) mass is 402 g/mol. The molecule has 9 heteroatoms. The summed E-state index contributed by atoms with van der Waals surface area (Å²) < 4.78 is 41.6. The van der Waals surface area contributed by atoms with Crippen molar-refractivity contribution in [3.8, 4) is 0 Å². The van der Waals surface area contributed by atoms with Crippen molar-refractivity contribution in [2.24, 2.45) is 7.05 Å². The molecule has 1 N–H and O–H groups in total. The standard InChI is InChI=1S/C19H19FN4O3S/c1-13-7-9-16(10-8-13)28(26,27)24(3)19-17(12-21-23(19)2)18(25)22-15-6-4-5-14(20)11-15/h4-12H,1-3H3,(H,22,25). The molecule has 146 valence electrons. The molecule has 28 heavy (non-hydrogen) atoms. The van der Waals surface area contributed by atoms with Crippen LogP contribution in [0.15, 0.2) is 59.6 Å². The Morgan fingerprint density at radius 1 is 1.18 bits per heavy atom. The summed E-state index contributed by atoms with van der Waals surface area (Å²) in [6.45, 7) is 1.86. The van der Waals surface area contributed by atoms with Gasteiger partial charge >= 0.3 is 0 Å². The van der Waals surface area contributed by atoms with Crippen LogP contribution in [0, 0.1) is 12.7 Å². The van der Waals surface area contributed by atoms with Crippen LogP contribution in [-0.4, -0.2) is 31.2 Å². The average Bonchev–Trinajstić information content (AvgIpc) is 3.03. The van der Waals surface area contributed by atoms with Gasteiger partial charge in [0.15, 0.2) is 5.82 Å². The number of aryl methyl sites for hydroxylation is 2. The lowest BCUT2D eigenvalue weighted by molar-refractivity contribution is 0.102. The van der Waals surface area contributed by atoms with Crippen molar-refractivity contribution in [1.29, 1.82) is 0 Å². The molecule has 3 rings (SSSR count). The van der Waals surface area contributed by atoms with E-state index in [4.69, 9.17) is 0 Å². The van der Waals surface area contributed by atoms with Gasteiger partial charge in [0.25, 0.3) is 15.9 Å². The normalized spacial score (nSPS) is 11.3. The molecule has 1 heterocycles. The smallest absolute Gasteiger partial charge is 0.265 e. The van der Waals surface area contributed by atoms with Crippen molar-refractivity contribution in [3.63, 3.8) is 0 Å². The zero-order chi connectivity index (χ0) is 20.5. The van der Waals surface area contributed by atoms with Crippen LogP contribution in [0.1, 0.15) is 15.9 Å². The minimum atomic E-state index is -3.90. The molecule has 0 fully saturated rings. The number of carbonyl (C=O) groups excluding carboxylic acids is 1. The maximum atomic E-state index is 13.3. The first-order valence-corrected chi connectivity index (χ1v) is 9.78. The van der Waals surface area contributed by atoms with Gasteiger partial charge in [-0.25, -0.2) is 12.8 Å².